The summed E-state index contributed by atoms with van der Waals surface area (Å²) in [5.74, 6) is 2.43. The molecule has 0 radical (unpaired) electrons. The van der Waals surface area contributed by atoms with E-state index in [2.05, 4.69) is 28.2 Å². The van der Waals surface area contributed by atoms with Crippen LogP contribution in [0.15, 0.2) is 30.9 Å². The minimum atomic E-state index is -0.0254. The topological polar surface area (TPSA) is 80.2 Å². The van der Waals surface area contributed by atoms with Crippen molar-refractivity contribution >= 4 is 0 Å². The predicted molar refractivity (Wildman–Crippen MR) is 115 cm³/mol. The van der Waals surface area contributed by atoms with Crippen molar-refractivity contribution in [3.63, 3.8) is 0 Å². The molecule has 168 valence electrons. The number of nitrogens with one attached hydrogen (secondary N) is 2. The van der Waals surface area contributed by atoms with Crippen LogP contribution in [0.25, 0.3) is 0 Å². The molecule has 2 aliphatic heterocycles. The summed E-state index contributed by atoms with van der Waals surface area (Å²) in [5, 5.41) is 12.9. The van der Waals surface area contributed by atoms with E-state index in [0.717, 1.165) is 75.1 Å². The summed E-state index contributed by atoms with van der Waals surface area (Å²) in [7, 11) is 3.37. The zero-order chi connectivity index (χ0) is 21.6. The quantitative estimate of drug-likeness (QED) is 0.493. The van der Waals surface area contributed by atoms with Gasteiger partial charge in [-0.25, -0.2) is 4.68 Å². The Balaban J connectivity index is 1.67. The van der Waals surface area contributed by atoms with Crippen LogP contribution in [0.3, 0.4) is 0 Å². The Morgan fingerprint density at radius 2 is 2.10 bits per heavy atom. The van der Waals surface area contributed by atoms with Crippen molar-refractivity contribution in [2.24, 2.45) is 0 Å². The molecule has 9 nitrogen and oxygen atoms in total. The van der Waals surface area contributed by atoms with Crippen molar-refractivity contribution in [3.05, 3.63) is 42.2 Å². The lowest BCUT2D eigenvalue weighted by Crippen LogP contribution is -3.28. The zero-order valence-electron chi connectivity index (χ0n) is 18.5. The van der Waals surface area contributed by atoms with Crippen molar-refractivity contribution in [3.8, 4) is 11.5 Å². The second kappa shape index (κ2) is 10.2. The molecule has 0 spiro atoms. The first-order valence-electron chi connectivity index (χ1n) is 11.1. The van der Waals surface area contributed by atoms with Gasteiger partial charge in [0.2, 0.25) is 5.82 Å². The second-order valence-corrected chi connectivity index (χ2v) is 8.30. The smallest absolute Gasteiger partial charge is 0.214 e. The Morgan fingerprint density at radius 1 is 1.26 bits per heavy atom. The monoisotopic (exact) mass is 430 g/mol. The Bertz CT molecular complexity index is 859. The van der Waals surface area contributed by atoms with Gasteiger partial charge in [-0.2, -0.15) is 0 Å². The first kappa shape index (κ1) is 21.7. The maximum Gasteiger partial charge on any atom is 0.214 e. The van der Waals surface area contributed by atoms with Gasteiger partial charge in [0.25, 0.3) is 0 Å². The third-order valence-corrected chi connectivity index (χ3v) is 6.41. The molecule has 2 fully saturated rings. The van der Waals surface area contributed by atoms with Crippen LogP contribution in [0.1, 0.15) is 30.3 Å². The minimum Gasteiger partial charge on any atom is -0.497 e. The number of tetrazole rings is 1. The van der Waals surface area contributed by atoms with Crippen LogP contribution in [-0.2, 0) is 11.3 Å². The summed E-state index contributed by atoms with van der Waals surface area (Å²) in [5.41, 5.74) is 1.08. The molecule has 2 saturated heterocycles. The lowest BCUT2D eigenvalue weighted by atomic mass is 10.0. The summed E-state index contributed by atoms with van der Waals surface area (Å²) >= 11 is 0. The highest BCUT2D eigenvalue weighted by Crippen LogP contribution is 2.31. The number of benzene rings is 1. The molecular formula is C22H34N6O3+2. The third kappa shape index (κ3) is 4.89. The molecule has 4 rings (SSSR count). The van der Waals surface area contributed by atoms with Gasteiger partial charge in [0.05, 0.1) is 39.0 Å². The number of hydrogen-bond acceptors (Lipinski definition) is 6. The van der Waals surface area contributed by atoms with E-state index in [4.69, 9.17) is 14.2 Å². The SMILES string of the molecule is C=CC[NH+]1CC[NH+]([C@H](c2ccc(OC)cc2OC)c2nnnn2C[C@H]2CCCO2)CC1. The molecule has 2 N–H and O–H groups in total. The fourth-order valence-electron chi connectivity index (χ4n) is 4.75. The van der Waals surface area contributed by atoms with E-state index in [1.807, 2.05) is 22.9 Å². The maximum atomic E-state index is 5.85. The fraction of sp³-hybridized carbons (Fsp3) is 0.591. The van der Waals surface area contributed by atoms with Crippen molar-refractivity contribution in [2.45, 2.75) is 31.5 Å². The third-order valence-electron chi connectivity index (χ3n) is 6.41. The van der Waals surface area contributed by atoms with Crippen LogP contribution in [0.5, 0.6) is 11.5 Å². The molecule has 0 saturated carbocycles. The average Bonchev–Trinajstić information content (AvgIpc) is 3.48. The Morgan fingerprint density at radius 3 is 2.77 bits per heavy atom. The van der Waals surface area contributed by atoms with Crippen molar-refractivity contribution in [1.82, 2.24) is 20.2 Å². The first-order valence-corrected chi connectivity index (χ1v) is 11.1. The fourth-order valence-corrected chi connectivity index (χ4v) is 4.75. The Hall–Kier alpha value is -2.49. The molecule has 0 amide bonds. The van der Waals surface area contributed by atoms with Gasteiger partial charge in [-0.15, -0.1) is 5.10 Å². The van der Waals surface area contributed by atoms with Crippen LogP contribution in [0, 0.1) is 0 Å². The van der Waals surface area contributed by atoms with Crippen LogP contribution in [0.2, 0.25) is 0 Å². The van der Waals surface area contributed by atoms with Gasteiger partial charge in [-0.3, -0.25) is 0 Å². The van der Waals surface area contributed by atoms with Gasteiger partial charge >= 0.3 is 0 Å². The number of piperazine rings is 1. The summed E-state index contributed by atoms with van der Waals surface area (Å²) < 4.78 is 19.0. The summed E-state index contributed by atoms with van der Waals surface area (Å²) in [4.78, 5) is 3.01. The van der Waals surface area contributed by atoms with Gasteiger partial charge in [-0.1, -0.05) is 6.58 Å². The highest BCUT2D eigenvalue weighted by molar-refractivity contribution is 5.43. The van der Waals surface area contributed by atoms with E-state index < -0.39 is 0 Å². The molecule has 2 aliphatic rings. The van der Waals surface area contributed by atoms with Gasteiger partial charge in [-0.05, 0) is 41.5 Å². The predicted octanol–water partition coefficient (Wildman–Crippen LogP) is -1.07. The van der Waals surface area contributed by atoms with Crippen molar-refractivity contribution in [1.29, 1.82) is 0 Å². The molecule has 2 aromatic rings. The van der Waals surface area contributed by atoms with Gasteiger partial charge in [0, 0.05) is 12.7 Å². The number of methoxy groups -OCH3 is 2. The number of quaternary nitrogens is 2. The molecular weight excluding hydrogens is 396 g/mol. The molecule has 3 heterocycles. The lowest BCUT2D eigenvalue weighted by molar-refractivity contribution is -1.02. The van der Waals surface area contributed by atoms with E-state index in [1.165, 1.54) is 4.90 Å². The van der Waals surface area contributed by atoms with E-state index in [9.17, 15) is 0 Å². The number of ether oxygens (including phenoxy) is 3. The molecule has 9 heteroatoms. The minimum absolute atomic E-state index is 0.0254. The number of aromatic nitrogens is 4. The maximum absolute atomic E-state index is 5.85. The van der Waals surface area contributed by atoms with Crippen LogP contribution in [-0.4, -0.2) is 79.9 Å². The van der Waals surface area contributed by atoms with E-state index >= 15 is 0 Å². The molecule has 0 bridgehead atoms. The van der Waals surface area contributed by atoms with Crippen LogP contribution >= 0.6 is 0 Å². The first-order chi connectivity index (χ1) is 15.2. The van der Waals surface area contributed by atoms with Crippen LogP contribution in [0.4, 0.5) is 0 Å². The largest absolute Gasteiger partial charge is 0.497 e. The summed E-state index contributed by atoms with van der Waals surface area (Å²) in [6.45, 7) is 10.6. The molecule has 2 atom stereocenters. The van der Waals surface area contributed by atoms with E-state index in [-0.39, 0.29) is 12.1 Å². The second-order valence-electron chi connectivity index (χ2n) is 8.30. The van der Waals surface area contributed by atoms with Crippen molar-refractivity contribution < 1.29 is 24.0 Å². The highest BCUT2D eigenvalue weighted by atomic mass is 16.5. The molecule has 1 aromatic carbocycles. The Labute approximate surface area is 183 Å². The normalized spacial score (nSPS) is 24.6. The lowest BCUT2D eigenvalue weighted by Gasteiger charge is -2.34. The number of nitrogens with zero attached hydrogens (tertiary/aromatic N) is 4. The highest BCUT2D eigenvalue weighted by Gasteiger charge is 2.37. The van der Waals surface area contributed by atoms with Gasteiger partial charge in [0.1, 0.15) is 37.7 Å². The van der Waals surface area contributed by atoms with Gasteiger partial charge in [0.15, 0.2) is 6.04 Å². The molecule has 0 aliphatic carbocycles. The zero-order valence-corrected chi connectivity index (χ0v) is 18.5. The van der Waals surface area contributed by atoms with E-state index in [1.54, 1.807) is 19.1 Å². The number of rotatable bonds is 9. The Kier molecular flexibility index (Phi) is 7.16. The average molecular weight is 431 g/mol. The summed E-state index contributed by atoms with van der Waals surface area (Å²) in [6.07, 6.45) is 4.32. The van der Waals surface area contributed by atoms with Gasteiger partial charge < -0.3 is 24.0 Å². The number of hydrogen-bond donors (Lipinski definition) is 2. The molecule has 1 aromatic heterocycles. The van der Waals surface area contributed by atoms with Crippen LogP contribution < -0.4 is 19.3 Å². The van der Waals surface area contributed by atoms with Crippen molar-refractivity contribution in [2.75, 3.05) is 53.6 Å². The molecule has 0 unspecified atom stereocenters. The standard InChI is InChI=1S/C22H32N6O3/c1-4-9-26-10-12-27(13-11-26)21(19-8-7-17(29-2)15-20(19)30-3)22-23-24-25-28(22)16-18-6-5-14-31-18/h4,7-8,15,18,21H,1,5-6,9-14,16H2,2-3H3/p+2/t18-,21-/m1/s1. The summed E-state index contributed by atoms with van der Waals surface area (Å²) in [6, 6.07) is 5.98. The molecule has 31 heavy (non-hydrogen) atoms. The van der Waals surface area contributed by atoms with E-state index in [0.29, 0.717) is 6.54 Å².